The van der Waals surface area contributed by atoms with Crippen LogP contribution in [0.25, 0.3) is 33.1 Å². The van der Waals surface area contributed by atoms with Crippen LogP contribution in [-0.2, 0) is 19.3 Å². The number of benzene rings is 4. The van der Waals surface area contributed by atoms with E-state index < -0.39 is 41.3 Å². The van der Waals surface area contributed by atoms with Gasteiger partial charge in [-0.15, -0.1) is 0 Å². The quantitative estimate of drug-likeness (QED) is 0.180. The minimum Gasteiger partial charge on any atom is -0.343 e. The summed E-state index contributed by atoms with van der Waals surface area (Å²) in [6, 6.07) is 17.0. The Bertz CT molecular complexity index is 1940. The maximum atomic E-state index is 14.6. The molecule has 3 nitrogen and oxygen atoms in total. The van der Waals surface area contributed by atoms with Crippen LogP contribution in [0.5, 0.6) is 0 Å². The first kappa shape index (κ1) is 27.2. The summed E-state index contributed by atoms with van der Waals surface area (Å²) in [4.78, 5) is 0. The van der Waals surface area contributed by atoms with Crippen molar-refractivity contribution in [3.63, 3.8) is 0 Å². The van der Waals surface area contributed by atoms with E-state index in [1.165, 1.54) is 12.1 Å². The minimum absolute atomic E-state index is 0.148. The number of fused-ring (bicyclic) bond motifs is 2. The van der Waals surface area contributed by atoms with Crippen LogP contribution in [0.2, 0.25) is 10.0 Å². The number of halogens is 8. The maximum Gasteiger partial charge on any atom is 0.418 e. The predicted molar refractivity (Wildman–Crippen MR) is 147 cm³/mol. The van der Waals surface area contributed by atoms with Gasteiger partial charge in [0, 0.05) is 62.3 Å². The van der Waals surface area contributed by atoms with Gasteiger partial charge in [-0.1, -0.05) is 47.5 Å². The van der Waals surface area contributed by atoms with E-state index in [1.807, 2.05) is 22.9 Å². The Morgan fingerprint density at radius 3 is 2.27 bits per heavy atom. The molecule has 41 heavy (non-hydrogen) atoms. The molecule has 0 aliphatic heterocycles. The highest BCUT2D eigenvalue weighted by atomic mass is 35.5. The number of nitrogens with zero attached hydrogens (tertiary/aromatic N) is 3. The monoisotopic (exact) mass is 603 g/mol. The third-order valence-corrected chi connectivity index (χ3v) is 7.48. The van der Waals surface area contributed by atoms with Crippen LogP contribution in [0.1, 0.15) is 16.7 Å². The number of hydrogen-bond donors (Lipinski definition) is 0. The summed E-state index contributed by atoms with van der Waals surface area (Å²) < 4.78 is 87.4. The Hall–Kier alpha value is -3.95. The van der Waals surface area contributed by atoms with Crippen LogP contribution in [0.3, 0.4) is 0 Å². The van der Waals surface area contributed by atoms with Crippen LogP contribution < -0.4 is 0 Å². The molecule has 6 rings (SSSR count). The van der Waals surface area contributed by atoms with Gasteiger partial charge in [0.05, 0.1) is 17.8 Å². The van der Waals surface area contributed by atoms with Crippen LogP contribution in [-0.4, -0.2) is 14.3 Å². The first-order chi connectivity index (χ1) is 19.5. The number of hydrogen-bond acceptors (Lipinski definition) is 1. The molecule has 0 amide bonds. The second-order valence-corrected chi connectivity index (χ2v) is 10.4. The summed E-state index contributed by atoms with van der Waals surface area (Å²) >= 11 is 12.3. The van der Waals surface area contributed by atoms with Crippen molar-refractivity contribution in [1.82, 2.24) is 14.3 Å². The van der Waals surface area contributed by atoms with Gasteiger partial charge in [-0.25, -0.2) is 13.2 Å². The van der Waals surface area contributed by atoms with Crippen LogP contribution in [0, 0.1) is 17.5 Å². The van der Waals surface area contributed by atoms with E-state index in [0.717, 1.165) is 27.2 Å². The molecule has 11 heteroatoms. The molecular formula is C30H17Cl2F6N3. The van der Waals surface area contributed by atoms with Gasteiger partial charge in [0.15, 0.2) is 0 Å². The molecule has 0 saturated heterocycles. The number of aromatic nitrogens is 3. The summed E-state index contributed by atoms with van der Waals surface area (Å²) in [5.74, 6) is -3.45. The summed E-state index contributed by atoms with van der Waals surface area (Å²) in [6.07, 6.45) is -2.87. The van der Waals surface area contributed by atoms with Gasteiger partial charge in [-0.05, 0) is 42.0 Å². The minimum atomic E-state index is -4.72. The molecule has 0 saturated carbocycles. The molecule has 0 radical (unpaired) electrons. The van der Waals surface area contributed by atoms with Gasteiger partial charge in [-0.2, -0.15) is 18.3 Å². The lowest BCUT2D eigenvalue weighted by molar-refractivity contribution is -0.136. The zero-order chi connectivity index (χ0) is 29.1. The standard InChI is InChI=1S/C30H17Cl2F6N3/c31-19-6-4-18(24(32)11-19)14-40-9-8-16-10-17(5-7-27(16)40)29-21-2-1-3-23(30(36,37)38)28(21)39-41(29)15-22-25(34)12-20(33)13-26(22)35/h1-13H,14-15H2. The molecule has 0 fully saturated rings. The third-order valence-electron chi connectivity index (χ3n) is 6.89. The SMILES string of the molecule is Fc1cc(F)c(Cn2nc3c(C(F)(F)F)cccc3c2-c2ccc3c(ccn3Cc3ccc(Cl)cc3Cl)c2)c(F)c1. The molecule has 208 valence electrons. The Morgan fingerprint density at radius 2 is 1.56 bits per heavy atom. The highest BCUT2D eigenvalue weighted by molar-refractivity contribution is 6.35. The van der Waals surface area contributed by atoms with Crippen LogP contribution >= 0.6 is 23.2 Å². The lowest BCUT2D eigenvalue weighted by Gasteiger charge is -2.12. The molecule has 0 spiro atoms. The Kier molecular flexibility index (Phi) is 6.74. The molecule has 0 aliphatic rings. The van der Waals surface area contributed by atoms with Gasteiger partial charge in [0.2, 0.25) is 0 Å². The lowest BCUT2D eigenvalue weighted by atomic mass is 10.0. The van der Waals surface area contributed by atoms with Gasteiger partial charge in [0.1, 0.15) is 23.0 Å². The molecule has 0 unspecified atom stereocenters. The molecule has 0 aliphatic carbocycles. The first-order valence-electron chi connectivity index (χ1n) is 12.2. The Morgan fingerprint density at radius 1 is 0.805 bits per heavy atom. The van der Waals surface area contributed by atoms with Gasteiger partial charge >= 0.3 is 6.18 Å². The fourth-order valence-corrected chi connectivity index (χ4v) is 5.46. The highest BCUT2D eigenvalue weighted by Crippen LogP contribution is 2.39. The lowest BCUT2D eigenvalue weighted by Crippen LogP contribution is -2.09. The molecule has 0 N–H and O–H groups in total. The van der Waals surface area contributed by atoms with Gasteiger partial charge in [0.25, 0.3) is 0 Å². The van der Waals surface area contributed by atoms with Crippen molar-refractivity contribution in [1.29, 1.82) is 0 Å². The zero-order valence-corrected chi connectivity index (χ0v) is 22.3. The van der Waals surface area contributed by atoms with Crippen molar-refractivity contribution in [2.24, 2.45) is 0 Å². The van der Waals surface area contributed by atoms with E-state index in [9.17, 15) is 26.3 Å². The second-order valence-electron chi connectivity index (χ2n) is 9.51. The average molecular weight is 604 g/mol. The molecule has 0 atom stereocenters. The third kappa shape index (κ3) is 5.04. The fraction of sp³-hybridized carbons (Fsp3) is 0.100. The smallest absolute Gasteiger partial charge is 0.343 e. The Labute approximate surface area is 239 Å². The Balaban J connectivity index is 1.50. The van der Waals surface area contributed by atoms with Crippen molar-refractivity contribution >= 4 is 45.0 Å². The normalized spacial score (nSPS) is 12.1. The average Bonchev–Trinajstić information content (AvgIpc) is 3.47. The topological polar surface area (TPSA) is 22.8 Å². The molecule has 6 aromatic rings. The molecule has 0 bridgehead atoms. The zero-order valence-electron chi connectivity index (χ0n) is 20.8. The van der Waals surface area contributed by atoms with Crippen molar-refractivity contribution < 1.29 is 26.3 Å². The van der Waals surface area contributed by atoms with E-state index in [-0.39, 0.29) is 16.6 Å². The highest BCUT2D eigenvalue weighted by Gasteiger charge is 2.34. The molecular weight excluding hydrogens is 587 g/mol. The second kappa shape index (κ2) is 10.2. The summed E-state index contributed by atoms with van der Waals surface area (Å²) in [5, 5.41) is 6.08. The van der Waals surface area contributed by atoms with E-state index in [0.29, 0.717) is 34.3 Å². The van der Waals surface area contributed by atoms with Crippen LogP contribution in [0.15, 0.2) is 79.0 Å². The number of rotatable bonds is 5. The van der Waals surface area contributed by atoms with Crippen molar-refractivity contribution in [2.75, 3.05) is 0 Å². The van der Waals surface area contributed by atoms with Crippen molar-refractivity contribution in [3.8, 4) is 11.3 Å². The van der Waals surface area contributed by atoms with E-state index >= 15 is 0 Å². The van der Waals surface area contributed by atoms with E-state index in [4.69, 9.17) is 23.2 Å². The van der Waals surface area contributed by atoms with Gasteiger partial charge in [-0.3, -0.25) is 4.68 Å². The molecule has 2 aromatic heterocycles. The van der Waals surface area contributed by atoms with Gasteiger partial charge < -0.3 is 4.57 Å². The predicted octanol–water partition coefficient (Wildman–Crippen LogP) is 9.50. The molecule has 2 heterocycles. The van der Waals surface area contributed by atoms with Crippen molar-refractivity contribution in [3.05, 3.63) is 123 Å². The maximum absolute atomic E-state index is 14.6. The van der Waals surface area contributed by atoms with Crippen LogP contribution in [0.4, 0.5) is 26.3 Å². The summed E-state index contributed by atoms with van der Waals surface area (Å²) in [5.41, 5.74) is 0.483. The number of alkyl halides is 3. The largest absolute Gasteiger partial charge is 0.418 e. The van der Waals surface area contributed by atoms with E-state index in [2.05, 4.69) is 5.10 Å². The molecule has 4 aromatic carbocycles. The van der Waals surface area contributed by atoms with Crippen molar-refractivity contribution in [2.45, 2.75) is 19.3 Å². The fourth-order valence-electron chi connectivity index (χ4n) is 4.99. The first-order valence-corrected chi connectivity index (χ1v) is 13.0. The van der Waals surface area contributed by atoms with E-state index in [1.54, 1.807) is 30.3 Å². The summed E-state index contributed by atoms with van der Waals surface area (Å²) in [7, 11) is 0. The summed E-state index contributed by atoms with van der Waals surface area (Å²) in [6.45, 7) is -0.120.